The van der Waals surface area contributed by atoms with Gasteiger partial charge in [0.05, 0.1) is 28.2 Å². The normalized spacial score (nSPS) is 15.5. The number of pyridine rings is 1. The van der Waals surface area contributed by atoms with E-state index in [0.717, 1.165) is 60.8 Å². The number of non-ortho nitro benzene ring substituents is 1. The first-order valence-electron chi connectivity index (χ1n) is 10.3. The van der Waals surface area contributed by atoms with Crippen LogP contribution in [0.1, 0.15) is 24.2 Å². The molecule has 1 saturated heterocycles. The van der Waals surface area contributed by atoms with E-state index in [1.165, 1.54) is 6.07 Å². The van der Waals surface area contributed by atoms with Crippen molar-refractivity contribution in [2.75, 3.05) is 31.5 Å². The zero-order chi connectivity index (χ0) is 21.1. The second kappa shape index (κ2) is 8.76. The number of nitrogens with two attached hydrogens (primary N) is 1. The van der Waals surface area contributed by atoms with E-state index < -0.39 is 0 Å². The molecular formula is C21H27N7O2. The Morgan fingerprint density at radius 3 is 2.73 bits per heavy atom. The average molecular weight is 409 g/mol. The van der Waals surface area contributed by atoms with Gasteiger partial charge in [0.2, 0.25) is 5.95 Å². The lowest BCUT2D eigenvalue weighted by molar-refractivity contribution is -0.384. The van der Waals surface area contributed by atoms with Crippen molar-refractivity contribution in [1.29, 1.82) is 0 Å². The number of nitro benzene ring substituents is 1. The van der Waals surface area contributed by atoms with Gasteiger partial charge in [-0.25, -0.2) is 4.98 Å². The van der Waals surface area contributed by atoms with E-state index in [0.29, 0.717) is 19.1 Å². The van der Waals surface area contributed by atoms with Crippen LogP contribution in [0.3, 0.4) is 0 Å². The van der Waals surface area contributed by atoms with Gasteiger partial charge in [-0.3, -0.25) is 15.1 Å². The lowest BCUT2D eigenvalue weighted by Gasteiger charge is -2.32. The fourth-order valence-corrected chi connectivity index (χ4v) is 4.01. The number of aryl methyl sites for hydroxylation is 1. The molecule has 1 aliphatic heterocycles. The maximum absolute atomic E-state index is 11.3. The minimum Gasteiger partial charge on any atom is -0.353 e. The van der Waals surface area contributed by atoms with Crippen molar-refractivity contribution in [3.05, 3.63) is 57.9 Å². The van der Waals surface area contributed by atoms with Gasteiger partial charge in [-0.1, -0.05) is 6.07 Å². The summed E-state index contributed by atoms with van der Waals surface area (Å²) in [6.45, 7) is 6.05. The molecule has 0 saturated carbocycles. The standard InChI is InChI=1S/C21H27N7O2/c1-15-3-2-4-17(23-15)14-27-20-13-18(28(29)30)5-6-19(20)25-21(27)24-16-7-10-26(11-8-16)12-9-22/h2-6,13,16H,7-12,14,22H2,1H3,(H,24,25). The van der Waals surface area contributed by atoms with Gasteiger partial charge in [0.1, 0.15) is 0 Å². The lowest BCUT2D eigenvalue weighted by atomic mass is 10.1. The highest BCUT2D eigenvalue weighted by Gasteiger charge is 2.22. The third-order valence-corrected chi connectivity index (χ3v) is 5.57. The topological polar surface area (TPSA) is 115 Å². The molecule has 1 fully saturated rings. The maximum atomic E-state index is 11.3. The first-order valence-corrected chi connectivity index (χ1v) is 10.3. The van der Waals surface area contributed by atoms with Crippen LogP contribution in [-0.4, -0.2) is 56.6 Å². The van der Waals surface area contributed by atoms with Gasteiger partial charge < -0.3 is 20.5 Å². The molecule has 0 aliphatic carbocycles. The highest BCUT2D eigenvalue weighted by Crippen LogP contribution is 2.27. The highest BCUT2D eigenvalue weighted by molar-refractivity contribution is 5.81. The van der Waals surface area contributed by atoms with Gasteiger partial charge in [-0.15, -0.1) is 0 Å². The van der Waals surface area contributed by atoms with Crippen LogP contribution in [0.2, 0.25) is 0 Å². The molecule has 0 spiro atoms. The number of nitrogens with one attached hydrogen (secondary N) is 1. The quantitative estimate of drug-likeness (QED) is 0.455. The molecule has 1 aromatic carbocycles. The predicted octanol–water partition coefficient (Wildman–Crippen LogP) is 2.53. The summed E-state index contributed by atoms with van der Waals surface area (Å²) in [5.41, 5.74) is 9.02. The minimum absolute atomic E-state index is 0.0579. The van der Waals surface area contributed by atoms with E-state index in [4.69, 9.17) is 10.7 Å². The number of fused-ring (bicyclic) bond motifs is 1. The molecule has 3 N–H and O–H groups in total. The van der Waals surface area contributed by atoms with Crippen molar-refractivity contribution in [3.8, 4) is 0 Å². The number of benzene rings is 1. The number of nitro groups is 1. The summed E-state index contributed by atoms with van der Waals surface area (Å²) in [4.78, 5) is 22.7. The summed E-state index contributed by atoms with van der Waals surface area (Å²) in [5.74, 6) is 0.728. The van der Waals surface area contributed by atoms with E-state index >= 15 is 0 Å². The zero-order valence-electron chi connectivity index (χ0n) is 17.1. The molecule has 158 valence electrons. The molecule has 30 heavy (non-hydrogen) atoms. The Hall–Kier alpha value is -3.04. The summed E-state index contributed by atoms with van der Waals surface area (Å²) in [7, 11) is 0. The summed E-state index contributed by atoms with van der Waals surface area (Å²) in [6.07, 6.45) is 2.01. The Kier molecular flexibility index (Phi) is 5.91. The maximum Gasteiger partial charge on any atom is 0.271 e. The second-order valence-corrected chi connectivity index (χ2v) is 7.77. The number of hydrogen-bond donors (Lipinski definition) is 2. The van der Waals surface area contributed by atoms with Crippen molar-refractivity contribution in [2.45, 2.75) is 32.4 Å². The SMILES string of the molecule is Cc1cccc(Cn2c(NC3CCN(CCN)CC3)nc3ccc([N+](=O)[O-])cc32)n1. The number of hydrogen-bond acceptors (Lipinski definition) is 7. The summed E-state index contributed by atoms with van der Waals surface area (Å²) >= 11 is 0. The Morgan fingerprint density at radius 1 is 1.23 bits per heavy atom. The van der Waals surface area contributed by atoms with E-state index in [9.17, 15) is 10.1 Å². The molecule has 3 heterocycles. The number of aromatic nitrogens is 3. The van der Waals surface area contributed by atoms with Gasteiger partial charge in [0.15, 0.2) is 0 Å². The Labute approximate surface area is 175 Å². The number of nitrogens with zero attached hydrogens (tertiary/aromatic N) is 5. The van der Waals surface area contributed by atoms with Gasteiger partial charge in [0, 0.05) is 50.0 Å². The molecule has 0 amide bonds. The molecule has 2 aromatic heterocycles. The van der Waals surface area contributed by atoms with E-state index in [1.54, 1.807) is 12.1 Å². The first-order chi connectivity index (χ1) is 14.5. The molecule has 0 radical (unpaired) electrons. The largest absolute Gasteiger partial charge is 0.353 e. The van der Waals surface area contributed by atoms with E-state index in [1.807, 2.05) is 29.7 Å². The fourth-order valence-electron chi connectivity index (χ4n) is 4.01. The van der Waals surface area contributed by atoms with Crippen LogP contribution >= 0.6 is 0 Å². The number of piperidine rings is 1. The number of rotatable bonds is 7. The highest BCUT2D eigenvalue weighted by atomic mass is 16.6. The fraction of sp³-hybridized carbons (Fsp3) is 0.429. The summed E-state index contributed by atoms with van der Waals surface area (Å²) < 4.78 is 2.00. The number of imidazole rings is 1. The summed E-state index contributed by atoms with van der Waals surface area (Å²) in [6, 6.07) is 11.0. The molecule has 9 heteroatoms. The van der Waals surface area contributed by atoms with Crippen LogP contribution in [0.25, 0.3) is 11.0 Å². The third kappa shape index (κ3) is 4.42. The molecule has 3 aromatic rings. The number of anilines is 1. The Bertz CT molecular complexity index is 1040. The first kappa shape index (κ1) is 20.2. The third-order valence-electron chi connectivity index (χ3n) is 5.57. The molecule has 4 rings (SSSR count). The second-order valence-electron chi connectivity index (χ2n) is 7.77. The van der Waals surface area contributed by atoms with Crippen LogP contribution in [0.4, 0.5) is 11.6 Å². The molecule has 0 atom stereocenters. The van der Waals surface area contributed by atoms with Crippen LogP contribution in [0, 0.1) is 17.0 Å². The van der Waals surface area contributed by atoms with E-state index in [2.05, 4.69) is 15.2 Å². The van der Waals surface area contributed by atoms with Crippen LogP contribution in [0.15, 0.2) is 36.4 Å². The van der Waals surface area contributed by atoms with Gasteiger partial charge in [-0.05, 0) is 38.0 Å². The van der Waals surface area contributed by atoms with Crippen LogP contribution in [-0.2, 0) is 6.54 Å². The molecular weight excluding hydrogens is 382 g/mol. The van der Waals surface area contributed by atoms with Crippen LogP contribution < -0.4 is 11.1 Å². The van der Waals surface area contributed by atoms with E-state index in [-0.39, 0.29) is 10.6 Å². The zero-order valence-corrected chi connectivity index (χ0v) is 17.1. The van der Waals surface area contributed by atoms with Gasteiger partial charge >= 0.3 is 0 Å². The predicted molar refractivity (Wildman–Crippen MR) is 117 cm³/mol. The monoisotopic (exact) mass is 409 g/mol. The van der Waals surface area contributed by atoms with Crippen molar-refractivity contribution in [3.63, 3.8) is 0 Å². The van der Waals surface area contributed by atoms with Gasteiger partial charge in [0.25, 0.3) is 5.69 Å². The Morgan fingerprint density at radius 2 is 2.03 bits per heavy atom. The molecule has 9 nitrogen and oxygen atoms in total. The van der Waals surface area contributed by atoms with Crippen molar-refractivity contribution < 1.29 is 4.92 Å². The molecule has 0 unspecified atom stereocenters. The lowest BCUT2D eigenvalue weighted by Crippen LogP contribution is -2.41. The molecule has 0 bridgehead atoms. The van der Waals surface area contributed by atoms with Crippen molar-refractivity contribution >= 4 is 22.7 Å². The smallest absolute Gasteiger partial charge is 0.271 e. The van der Waals surface area contributed by atoms with Crippen molar-refractivity contribution in [1.82, 2.24) is 19.4 Å². The number of likely N-dealkylation sites (tertiary alicyclic amines) is 1. The average Bonchev–Trinajstić information content (AvgIpc) is 3.06. The van der Waals surface area contributed by atoms with Crippen LogP contribution in [0.5, 0.6) is 0 Å². The Balaban J connectivity index is 1.65. The van der Waals surface area contributed by atoms with Crippen molar-refractivity contribution in [2.24, 2.45) is 5.73 Å². The minimum atomic E-state index is -0.373. The van der Waals surface area contributed by atoms with Gasteiger partial charge in [-0.2, -0.15) is 0 Å². The molecule has 1 aliphatic rings. The summed E-state index contributed by atoms with van der Waals surface area (Å²) in [5, 5.41) is 14.9.